The standard InChI is InChI=1S/C6H5FO3/c7-3-1-5(9)6(10)2-4(3)8/h1-2,8-10H. The second kappa shape index (κ2) is 2.06. The molecule has 0 aliphatic heterocycles. The van der Waals surface area contributed by atoms with Crippen molar-refractivity contribution in [3.8, 4) is 17.2 Å². The summed E-state index contributed by atoms with van der Waals surface area (Å²) in [4.78, 5) is 0. The van der Waals surface area contributed by atoms with Crippen molar-refractivity contribution in [3.63, 3.8) is 0 Å². The van der Waals surface area contributed by atoms with Gasteiger partial charge in [0.1, 0.15) is 0 Å². The van der Waals surface area contributed by atoms with Crippen molar-refractivity contribution in [2.24, 2.45) is 0 Å². The zero-order valence-corrected chi connectivity index (χ0v) is 4.87. The van der Waals surface area contributed by atoms with Gasteiger partial charge in [-0.1, -0.05) is 0 Å². The molecule has 0 radical (unpaired) electrons. The third-order valence-corrected chi connectivity index (χ3v) is 1.04. The molecule has 0 saturated heterocycles. The first kappa shape index (κ1) is 6.67. The number of rotatable bonds is 0. The largest absolute Gasteiger partial charge is 0.505 e. The number of phenolic OH excluding ortho intramolecular Hbond substituents is 3. The second-order valence-electron chi connectivity index (χ2n) is 1.79. The van der Waals surface area contributed by atoms with Crippen LogP contribution in [0.25, 0.3) is 0 Å². The van der Waals surface area contributed by atoms with Crippen LogP contribution < -0.4 is 0 Å². The summed E-state index contributed by atoms with van der Waals surface area (Å²) in [7, 11) is 0. The van der Waals surface area contributed by atoms with Gasteiger partial charge in [-0.05, 0) is 0 Å². The van der Waals surface area contributed by atoms with Crippen molar-refractivity contribution in [2.75, 3.05) is 0 Å². The van der Waals surface area contributed by atoms with E-state index in [0.29, 0.717) is 6.07 Å². The first-order valence-corrected chi connectivity index (χ1v) is 2.51. The quantitative estimate of drug-likeness (QED) is 0.375. The van der Waals surface area contributed by atoms with E-state index in [2.05, 4.69) is 0 Å². The van der Waals surface area contributed by atoms with Crippen molar-refractivity contribution >= 4 is 0 Å². The smallest absolute Gasteiger partial charge is 0.168 e. The van der Waals surface area contributed by atoms with Crippen LogP contribution in [0, 0.1) is 5.82 Å². The van der Waals surface area contributed by atoms with Gasteiger partial charge in [0.2, 0.25) is 0 Å². The Hall–Kier alpha value is -1.45. The molecule has 0 atom stereocenters. The van der Waals surface area contributed by atoms with Crippen molar-refractivity contribution in [3.05, 3.63) is 17.9 Å². The zero-order valence-electron chi connectivity index (χ0n) is 4.87. The molecule has 0 fully saturated rings. The molecule has 0 aliphatic rings. The van der Waals surface area contributed by atoms with Gasteiger partial charge in [0.25, 0.3) is 0 Å². The molecule has 0 aromatic heterocycles. The van der Waals surface area contributed by atoms with Crippen molar-refractivity contribution < 1.29 is 19.7 Å². The lowest BCUT2D eigenvalue weighted by atomic mass is 10.3. The van der Waals surface area contributed by atoms with Crippen LogP contribution in [0.2, 0.25) is 0 Å². The van der Waals surface area contributed by atoms with E-state index < -0.39 is 23.1 Å². The zero-order chi connectivity index (χ0) is 7.72. The lowest BCUT2D eigenvalue weighted by Crippen LogP contribution is -1.75. The lowest BCUT2D eigenvalue weighted by Gasteiger charge is -1.97. The minimum Gasteiger partial charge on any atom is -0.505 e. The fraction of sp³-hybridized carbons (Fsp3) is 0. The van der Waals surface area contributed by atoms with E-state index in [1.807, 2.05) is 0 Å². The predicted molar refractivity (Wildman–Crippen MR) is 31.4 cm³/mol. The fourth-order valence-corrected chi connectivity index (χ4v) is 0.540. The Morgan fingerprint density at radius 2 is 1.40 bits per heavy atom. The maximum atomic E-state index is 12.2. The average Bonchev–Trinajstić information content (AvgIpc) is 1.84. The maximum absolute atomic E-state index is 12.2. The van der Waals surface area contributed by atoms with E-state index >= 15 is 0 Å². The fourth-order valence-electron chi connectivity index (χ4n) is 0.540. The molecular formula is C6H5FO3. The van der Waals surface area contributed by atoms with Gasteiger partial charge in [0.05, 0.1) is 0 Å². The second-order valence-corrected chi connectivity index (χ2v) is 1.79. The molecular weight excluding hydrogens is 139 g/mol. The Morgan fingerprint density at radius 3 is 1.90 bits per heavy atom. The Balaban J connectivity index is 3.28. The monoisotopic (exact) mass is 144 g/mol. The van der Waals surface area contributed by atoms with Crippen LogP contribution in [0.5, 0.6) is 17.2 Å². The van der Waals surface area contributed by atoms with Gasteiger partial charge in [-0.15, -0.1) is 0 Å². The molecule has 3 nitrogen and oxygen atoms in total. The van der Waals surface area contributed by atoms with Crippen molar-refractivity contribution in [1.29, 1.82) is 0 Å². The van der Waals surface area contributed by atoms with Gasteiger partial charge in [-0.2, -0.15) is 0 Å². The predicted octanol–water partition coefficient (Wildman–Crippen LogP) is 0.942. The van der Waals surface area contributed by atoms with Gasteiger partial charge in [-0.25, -0.2) is 4.39 Å². The number of phenols is 3. The molecule has 1 aromatic rings. The summed E-state index contributed by atoms with van der Waals surface area (Å²) >= 11 is 0. The van der Waals surface area contributed by atoms with Gasteiger partial charge < -0.3 is 15.3 Å². The highest BCUT2D eigenvalue weighted by molar-refractivity contribution is 5.43. The van der Waals surface area contributed by atoms with Crippen LogP contribution in [-0.2, 0) is 0 Å². The van der Waals surface area contributed by atoms with Gasteiger partial charge in [-0.3, -0.25) is 0 Å². The summed E-state index contributed by atoms with van der Waals surface area (Å²) in [5.41, 5.74) is 0. The molecule has 0 spiro atoms. The summed E-state index contributed by atoms with van der Waals surface area (Å²) in [6.45, 7) is 0. The van der Waals surface area contributed by atoms with Crippen LogP contribution in [0.1, 0.15) is 0 Å². The van der Waals surface area contributed by atoms with Crippen molar-refractivity contribution in [2.45, 2.75) is 0 Å². The highest BCUT2D eigenvalue weighted by Crippen LogP contribution is 2.30. The molecule has 1 aromatic carbocycles. The highest BCUT2D eigenvalue weighted by atomic mass is 19.1. The minimum atomic E-state index is -0.963. The first-order valence-electron chi connectivity index (χ1n) is 2.51. The molecule has 0 saturated carbocycles. The van der Waals surface area contributed by atoms with E-state index in [0.717, 1.165) is 6.07 Å². The highest BCUT2D eigenvalue weighted by Gasteiger charge is 2.05. The number of hydrogen-bond donors (Lipinski definition) is 3. The van der Waals surface area contributed by atoms with E-state index in [-0.39, 0.29) is 0 Å². The number of hydrogen-bond acceptors (Lipinski definition) is 3. The van der Waals surface area contributed by atoms with Crippen LogP contribution in [0.4, 0.5) is 4.39 Å². The summed E-state index contributed by atoms with van der Waals surface area (Å²) in [6.07, 6.45) is 0. The Kier molecular flexibility index (Phi) is 1.37. The molecule has 0 unspecified atom stereocenters. The minimum absolute atomic E-state index is 0.543. The van der Waals surface area contributed by atoms with Gasteiger partial charge in [0, 0.05) is 12.1 Å². The molecule has 4 heteroatoms. The molecule has 10 heavy (non-hydrogen) atoms. The lowest BCUT2D eigenvalue weighted by molar-refractivity contribution is 0.382. The van der Waals surface area contributed by atoms with Crippen LogP contribution in [0.3, 0.4) is 0 Å². The summed E-state index contributed by atoms with van der Waals surface area (Å²) in [6, 6.07) is 1.36. The van der Waals surface area contributed by atoms with Crippen LogP contribution in [-0.4, -0.2) is 15.3 Å². The molecule has 3 N–H and O–H groups in total. The Bertz CT molecular complexity index is 209. The van der Waals surface area contributed by atoms with Crippen LogP contribution in [0.15, 0.2) is 12.1 Å². The van der Waals surface area contributed by atoms with E-state index in [1.165, 1.54) is 0 Å². The maximum Gasteiger partial charge on any atom is 0.168 e. The normalized spacial score (nSPS) is 9.70. The third-order valence-electron chi connectivity index (χ3n) is 1.04. The number of aromatic hydroxyl groups is 3. The molecule has 0 heterocycles. The third kappa shape index (κ3) is 0.953. The molecule has 0 bridgehead atoms. The average molecular weight is 144 g/mol. The van der Waals surface area contributed by atoms with E-state index in [4.69, 9.17) is 15.3 Å². The molecule has 1 rings (SSSR count). The van der Waals surface area contributed by atoms with Gasteiger partial charge in [0.15, 0.2) is 23.1 Å². The Morgan fingerprint density at radius 1 is 0.900 bits per heavy atom. The number of halogens is 1. The van der Waals surface area contributed by atoms with Crippen molar-refractivity contribution in [1.82, 2.24) is 0 Å². The summed E-state index contributed by atoms with van der Waals surface area (Å²) in [5, 5.41) is 25.8. The van der Waals surface area contributed by atoms with E-state index in [1.54, 1.807) is 0 Å². The molecule has 0 aliphatic carbocycles. The first-order chi connectivity index (χ1) is 4.61. The topological polar surface area (TPSA) is 60.7 Å². The molecule has 0 amide bonds. The molecule has 54 valence electrons. The Labute approximate surface area is 56.0 Å². The number of benzene rings is 1. The SMILES string of the molecule is Oc1cc(O)c(F)cc1O. The summed E-state index contributed by atoms with van der Waals surface area (Å²) in [5.74, 6) is -2.78. The van der Waals surface area contributed by atoms with Gasteiger partial charge >= 0.3 is 0 Å². The van der Waals surface area contributed by atoms with Crippen LogP contribution >= 0.6 is 0 Å². The van der Waals surface area contributed by atoms with E-state index in [9.17, 15) is 4.39 Å². The summed E-state index contributed by atoms with van der Waals surface area (Å²) < 4.78 is 12.2.